The lowest BCUT2D eigenvalue weighted by Crippen LogP contribution is -2.21. The zero-order valence-corrected chi connectivity index (χ0v) is 18.6. The monoisotopic (exact) mass is 467 g/mol. The first-order chi connectivity index (χ1) is 16.3. The zero-order chi connectivity index (χ0) is 24.4. The third-order valence-corrected chi connectivity index (χ3v) is 5.12. The van der Waals surface area contributed by atoms with Crippen LogP contribution in [0.3, 0.4) is 0 Å². The van der Waals surface area contributed by atoms with E-state index >= 15 is 0 Å². The fourth-order valence-electron chi connectivity index (χ4n) is 3.22. The second-order valence-corrected chi connectivity index (χ2v) is 7.32. The number of aryl methyl sites for hydroxylation is 2. The smallest absolute Gasteiger partial charge is 0.307 e. The highest BCUT2D eigenvalue weighted by molar-refractivity contribution is 6.11. The third kappa shape index (κ3) is 4.41. The van der Waals surface area contributed by atoms with Gasteiger partial charge in [-0.3, -0.25) is 33.7 Å². The van der Waals surface area contributed by atoms with E-state index in [1.807, 2.05) is 13.8 Å². The van der Waals surface area contributed by atoms with Crippen molar-refractivity contribution in [3.05, 3.63) is 69.9 Å². The van der Waals surface area contributed by atoms with E-state index in [1.54, 1.807) is 17.8 Å². The highest BCUT2D eigenvalue weighted by atomic mass is 16.6. The van der Waals surface area contributed by atoms with Gasteiger partial charge in [0.1, 0.15) is 23.8 Å². The van der Waals surface area contributed by atoms with E-state index in [4.69, 9.17) is 4.42 Å². The normalized spacial score (nSPS) is 10.9. The zero-order valence-electron chi connectivity index (χ0n) is 18.6. The Labute approximate surface area is 192 Å². The van der Waals surface area contributed by atoms with Gasteiger partial charge in [0.2, 0.25) is 0 Å². The molecule has 4 rings (SSSR count). The van der Waals surface area contributed by atoms with Crippen molar-refractivity contribution in [1.29, 1.82) is 0 Å². The van der Waals surface area contributed by atoms with Crippen LogP contribution in [-0.2, 0) is 20.1 Å². The number of nitrogens with zero attached hydrogens (tertiary/aromatic N) is 7. The minimum Gasteiger partial charge on any atom is -0.454 e. The molecule has 176 valence electrons. The molecule has 4 aromatic heterocycles. The predicted octanol–water partition coefficient (Wildman–Crippen LogP) is 2.20. The van der Waals surface area contributed by atoms with Crippen molar-refractivity contribution < 1.29 is 18.9 Å². The minimum absolute atomic E-state index is 0.00429. The molecule has 0 spiro atoms. The predicted molar refractivity (Wildman–Crippen MR) is 118 cm³/mol. The quantitative estimate of drug-likeness (QED) is 0.294. The average molecular weight is 467 g/mol. The number of carbonyl (C=O) groups excluding carboxylic acids is 2. The van der Waals surface area contributed by atoms with Crippen LogP contribution in [0.15, 0.2) is 41.3 Å². The average Bonchev–Trinajstić information content (AvgIpc) is 3.59. The molecule has 0 bridgehead atoms. The van der Waals surface area contributed by atoms with Crippen LogP contribution in [0, 0.1) is 17.0 Å². The molecule has 14 nitrogen and oxygen atoms in total. The Bertz CT molecular complexity index is 1380. The highest BCUT2D eigenvalue weighted by Crippen LogP contribution is 2.21. The van der Waals surface area contributed by atoms with Gasteiger partial charge in [0.15, 0.2) is 5.76 Å². The molecule has 0 aliphatic heterocycles. The number of hydrogen-bond donors (Lipinski definition) is 2. The van der Waals surface area contributed by atoms with Gasteiger partial charge >= 0.3 is 5.69 Å². The SMILES string of the molecule is CCn1ncc(NC(=O)c2ccc(Cn3cc([N+](=O)[O-])cn3)o2)c1C(=O)Nc1cnn(C)c1C. The molecule has 2 N–H and O–H groups in total. The lowest BCUT2D eigenvalue weighted by atomic mass is 10.3. The number of rotatable bonds is 8. The van der Waals surface area contributed by atoms with Crippen molar-refractivity contribution in [2.24, 2.45) is 7.05 Å². The van der Waals surface area contributed by atoms with Crippen molar-refractivity contribution in [3.8, 4) is 0 Å². The Balaban J connectivity index is 1.49. The summed E-state index contributed by atoms with van der Waals surface area (Å²) in [7, 11) is 1.76. The van der Waals surface area contributed by atoms with Crippen LogP contribution in [0.25, 0.3) is 0 Å². The van der Waals surface area contributed by atoms with E-state index in [0.29, 0.717) is 18.0 Å². The molecule has 0 atom stereocenters. The first-order valence-corrected chi connectivity index (χ1v) is 10.2. The Kier molecular flexibility index (Phi) is 5.95. The molecule has 0 aliphatic rings. The van der Waals surface area contributed by atoms with Gasteiger partial charge in [0, 0.05) is 13.6 Å². The van der Waals surface area contributed by atoms with Crippen molar-refractivity contribution in [2.45, 2.75) is 26.9 Å². The highest BCUT2D eigenvalue weighted by Gasteiger charge is 2.23. The molecule has 0 aliphatic carbocycles. The molecular formula is C20H21N9O5. The number of nitro groups is 1. The molecule has 14 heteroatoms. The molecule has 4 heterocycles. The van der Waals surface area contributed by atoms with E-state index in [0.717, 1.165) is 11.9 Å². The van der Waals surface area contributed by atoms with Gasteiger partial charge in [-0.1, -0.05) is 0 Å². The van der Waals surface area contributed by atoms with Gasteiger partial charge in [-0.05, 0) is 26.0 Å². The van der Waals surface area contributed by atoms with E-state index in [-0.39, 0.29) is 29.4 Å². The van der Waals surface area contributed by atoms with Gasteiger partial charge in [0.05, 0.1) is 40.9 Å². The summed E-state index contributed by atoms with van der Waals surface area (Å²) >= 11 is 0. The number of amides is 2. The summed E-state index contributed by atoms with van der Waals surface area (Å²) in [5.41, 5.74) is 1.56. The lowest BCUT2D eigenvalue weighted by Gasteiger charge is -2.09. The van der Waals surface area contributed by atoms with Crippen molar-refractivity contribution in [3.63, 3.8) is 0 Å². The Hall–Kier alpha value is -4.75. The van der Waals surface area contributed by atoms with Gasteiger partial charge in [0.25, 0.3) is 11.8 Å². The summed E-state index contributed by atoms with van der Waals surface area (Å²) in [6.45, 7) is 4.15. The van der Waals surface area contributed by atoms with E-state index < -0.39 is 16.7 Å². The fraction of sp³-hybridized carbons (Fsp3) is 0.250. The molecule has 0 fully saturated rings. The second-order valence-electron chi connectivity index (χ2n) is 7.32. The largest absolute Gasteiger partial charge is 0.454 e. The Morgan fingerprint density at radius 1 is 1.09 bits per heavy atom. The summed E-state index contributed by atoms with van der Waals surface area (Å²) in [6, 6.07) is 3.03. The van der Waals surface area contributed by atoms with Crippen LogP contribution >= 0.6 is 0 Å². The molecule has 0 saturated carbocycles. The molecule has 4 aromatic rings. The van der Waals surface area contributed by atoms with Gasteiger partial charge in [-0.15, -0.1) is 0 Å². The van der Waals surface area contributed by atoms with Crippen molar-refractivity contribution in [1.82, 2.24) is 29.3 Å². The van der Waals surface area contributed by atoms with Crippen LogP contribution < -0.4 is 10.6 Å². The lowest BCUT2D eigenvalue weighted by molar-refractivity contribution is -0.385. The third-order valence-electron chi connectivity index (χ3n) is 5.12. The van der Waals surface area contributed by atoms with Gasteiger partial charge in [-0.25, -0.2) is 0 Å². The number of anilines is 2. The number of hydrogen-bond acceptors (Lipinski definition) is 8. The van der Waals surface area contributed by atoms with Crippen LogP contribution in [-0.4, -0.2) is 46.1 Å². The molecule has 2 amide bonds. The topological polar surface area (TPSA) is 168 Å². The molecule has 34 heavy (non-hydrogen) atoms. The Morgan fingerprint density at radius 2 is 1.82 bits per heavy atom. The second kappa shape index (κ2) is 9.01. The Morgan fingerprint density at radius 3 is 2.47 bits per heavy atom. The fourth-order valence-corrected chi connectivity index (χ4v) is 3.22. The van der Waals surface area contributed by atoms with Crippen LogP contribution in [0.1, 0.15) is 39.4 Å². The van der Waals surface area contributed by atoms with Crippen LogP contribution in [0.5, 0.6) is 0 Å². The standard InChI is InChI=1S/C20H21N9O5/c1-4-28-18(20(31)24-15-8-21-26(3)12(15)2)16(9-23-28)25-19(30)17-6-5-14(34-17)11-27-10-13(7-22-27)29(32)33/h5-10H,4,11H2,1-3H3,(H,24,31)(H,25,30). The summed E-state index contributed by atoms with van der Waals surface area (Å²) in [6.07, 6.45) is 5.31. The molecule has 0 unspecified atom stereocenters. The summed E-state index contributed by atoms with van der Waals surface area (Å²) < 4.78 is 9.98. The first kappa shape index (κ1) is 22.4. The van der Waals surface area contributed by atoms with Crippen LogP contribution in [0.4, 0.5) is 17.1 Å². The number of carbonyl (C=O) groups is 2. The number of aromatic nitrogens is 6. The summed E-state index contributed by atoms with van der Waals surface area (Å²) in [4.78, 5) is 36.0. The van der Waals surface area contributed by atoms with E-state index in [2.05, 4.69) is 25.9 Å². The van der Waals surface area contributed by atoms with Gasteiger partial charge < -0.3 is 15.1 Å². The van der Waals surface area contributed by atoms with E-state index in [1.165, 1.54) is 34.0 Å². The van der Waals surface area contributed by atoms with E-state index in [9.17, 15) is 19.7 Å². The molecule has 0 aromatic carbocycles. The maximum absolute atomic E-state index is 13.0. The number of nitrogens with one attached hydrogen (secondary N) is 2. The summed E-state index contributed by atoms with van der Waals surface area (Å²) in [5, 5.41) is 28.4. The molecule has 0 saturated heterocycles. The minimum atomic E-state index is -0.583. The maximum Gasteiger partial charge on any atom is 0.307 e. The van der Waals surface area contributed by atoms with Crippen molar-refractivity contribution >= 4 is 28.9 Å². The summed E-state index contributed by atoms with van der Waals surface area (Å²) in [5.74, 6) is -0.668. The van der Waals surface area contributed by atoms with Gasteiger partial charge in [-0.2, -0.15) is 15.3 Å². The maximum atomic E-state index is 13.0. The molecule has 0 radical (unpaired) electrons. The van der Waals surface area contributed by atoms with Crippen LogP contribution in [0.2, 0.25) is 0 Å². The first-order valence-electron chi connectivity index (χ1n) is 10.2. The number of furan rings is 1. The molecular weight excluding hydrogens is 446 g/mol. The van der Waals surface area contributed by atoms with Crippen molar-refractivity contribution in [2.75, 3.05) is 10.6 Å².